The van der Waals surface area contributed by atoms with Crippen molar-refractivity contribution < 1.29 is 0 Å². The van der Waals surface area contributed by atoms with Gasteiger partial charge in [-0.3, -0.25) is 4.98 Å². The Bertz CT molecular complexity index is 760. The van der Waals surface area contributed by atoms with Crippen LogP contribution in [0.2, 0.25) is 0 Å². The maximum absolute atomic E-state index is 4.16. The SMILES string of the molecule is C=CCN(CC=C)c1ccc2[nH]c3cnccc3c2c1. The standard InChI is InChI=1S/C17H17N3/c1-3-9-20(10-4-2)13-5-6-16-15(11-13)14-7-8-18-12-17(14)19-16/h3-8,11-12,19H,1-2,9-10H2. The monoisotopic (exact) mass is 263 g/mol. The van der Waals surface area contributed by atoms with Gasteiger partial charge >= 0.3 is 0 Å². The number of pyridine rings is 1. The summed E-state index contributed by atoms with van der Waals surface area (Å²) in [5, 5.41) is 2.42. The number of rotatable bonds is 5. The fourth-order valence-corrected chi connectivity index (χ4v) is 2.53. The van der Waals surface area contributed by atoms with E-state index < -0.39 is 0 Å². The molecule has 100 valence electrons. The molecular weight excluding hydrogens is 246 g/mol. The van der Waals surface area contributed by atoms with Gasteiger partial charge in [-0.1, -0.05) is 12.2 Å². The summed E-state index contributed by atoms with van der Waals surface area (Å²) in [5.74, 6) is 0. The highest BCUT2D eigenvalue weighted by Gasteiger charge is 2.08. The van der Waals surface area contributed by atoms with Crippen molar-refractivity contribution in [2.45, 2.75) is 0 Å². The van der Waals surface area contributed by atoms with Gasteiger partial charge in [0, 0.05) is 41.3 Å². The van der Waals surface area contributed by atoms with Crippen LogP contribution in [-0.4, -0.2) is 23.1 Å². The van der Waals surface area contributed by atoms with Crippen molar-refractivity contribution >= 4 is 27.5 Å². The summed E-state index contributed by atoms with van der Waals surface area (Å²) in [6, 6.07) is 8.49. The summed E-state index contributed by atoms with van der Waals surface area (Å²) >= 11 is 0. The van der Waals surface area contributed by atoms with Crippen molar-refractivity contribution in [3.8, 4) is 0 Å². The van der Waals surface area contributed by atoms with Crippen molar-refractivity contribution in [1.82, 2.24) is 9.97 Å². The summed E-state index contributed by atoms with van der Waals surface area (Å²) in [4.78, 5) is 9.78. The zero-order valence-electron chi connectivity index (χ0n) is 11.3. The van der Waals surface area contributed by atoms with Crippen molar-refractivity contribution in [3.05, 3.63) is 62.0 Å². The van der Waals surface area contributed by atoms with Crippen molar-refractivity contribution in [2.24, 2.45) is 0 Å². The van der Waals surface area contributed by atoms with Crippen LogP contribution in [0.5, 0.6) is 0 Å². The highest BCUT2D eigenvalue weighted by molar-refractivity contribution is 6.07. The van der Waals surface area contributed by atoms with E-state index in [1.165, 1.54) is 16.5 Å². The van der Waals surface area contributed by atoms with E-state index >= 15 is 0 Å². The quantitative estimate of drug-likeness (QED) is 0.708. The number of hydrogen-bond acceptors (Lipinski definition) is 2. The minimum absolute atomic E-state index is 0.807. The van der Waals surface area contributed by atoms with E-state index in [0.717, 1.165) is 24.1 Å². The summed E-state index contributed by atoms with van der Waals surface area (Å²) < 4.78 is 0. The summed E-state index contributed by atoms with van der Waals surface area (Å²) in [6.45, 7) is 9.25. The minimum Gasteiger partial charge on any atom is -0.364 e. The first kappa shape index (κ1) is 12.5. The third-order valence-electron chi connectivity index (χ3n) is 3.45. The maximum Gasteiger partial charge on any atom is 0.0651 e. The Hall–Kier alpha value is -2.55. The highest BCUT2D eigenvalue weighted by atomic mass is 15.1. The molecule has 1 aromatic carbocycles. The number of H-pyrrole nitrogens is 1. The molecule has 3 rings (SSSR count). The molecule has 1 N–H and O–H groups in total. The largest absolute Gasteiger partial charge is 0.364 e. The Morgan fingerprint density at radius 2 is 1.85 bits per heavy atom. The number of anilines is 1. The normalized spacial score (nSPS) is 10.8. The Morgan fingerprint density at radius 1 is 1.05 bits per heavy atom. The topological polar surface area (TPSA) is 31.9 Å². The molecule has 0 fully saturated rings. The van der Waals surface area contributed by atoms with E-state index in [2.05, 4.69) is 46.2 Å². The second kappa shape index (κ2) is 5.21. The smallest absolute Gasteiger partial charge is 0.0651 e. The van der Waals surface area contributed by atoms with Gasteiger partial charge in [-0.25, -0.2) is 0 Å². The molecule has 0 bridgehead atoms. The molecule has 0 unspecified atom stereocenters. The predicted molar refractivity (Wildman–Crippen MR) is 86.2 cm³/mol. The fourth-order valence-electron chi connectivity index (χ4n) is 2.53. The molecule has 0 saturated heterocycles. The van der Waals surface area contributed by atoms with Gasteiger partial charge in [0.2, 0.25) is 0 Å². The number of nitrogens with one attached hydrogen (secondary N) is 1. The number of hydrogen-bond donors (Lipinski definition) is 1. The number of nitrogens with zero attached hydrogens (tertiary/aromatic N) is 2. The maximum atomic E-state index is 4.16. The predicted octanol–water partition coefficient (Wildman–Crippen LogP) is 3.89. The second-order valence-corrected chi connectivity index (χ2v) is 4.76. The lowest BCUT2D eigenvalue weighted by Crippen LogP contribution is -2.22. The van der Waals surface area contributed by atoms with E-state index in [4.69, 9.17) is 0 Å². The van der Waals surface area contributed by atoms with E-state index in [-0.39, 0.29) is 0 Å². The third kappa shape index (κ3) is 2.07. The van der Waals surface area contributed by atoms with Crippen LogP contribution in [0.4, 0.5) is 5.69 Å². The minimum atomic E-state index is 0.807. The van der Waals surface area contributed by atoms with Crippen LogP contribution in [0.15, 0.2) is 62.0 Å². The molecule has 0 saturated carbocycles. The molecule has 0 atom stereocenters. The number of aromatic nitrogens is 2. The summed E-state index contributed by atoms with van der Waals surface area (Å²) in [7, 11) is 0. The van der Waals surface area contributed by atoms with Gasteiger partial charge in [-0.2, -0.15) is 0 Å². The van der Waals surface area contributed by atoms with Crippen LogP contribution in [-0.2, 0) is 0 Å². The molecular formula is C17H17N3. The van der Waals surface area contributed by atoms with E-state index in [1.54, 1.807) is 0 Å². The van der Waals surface area contributed by atoms with Gasteiger partial charge in [-0.05, 0) is 24.3 Å². The van der Waals surface area contributed by atoms with Crippen LogP contribution in [0.1, 0.15) is 0 Å². The Labute approximate surface area is 118 Å². The zero-order valence-corrected chi connectivity index (χ0v) is 11.3. The molecule has 0 amide bonds. The summed E-state index contributed by atoms with van der Waals surface area (Å²) in [6.07, 6.45) is 7.51. The first-order valence-electron chi connectivity index (χ1n) is 6.65. The number of benzene rings is 1. The molecule has 0 aliphatic rings. The van der Waals surface area contributed by atoms with E-state index in [9.17, 15) is 0 Å². The molecule has 0 aliphatic heterocycles. The zero-order chi connectivity index (χ0) is 13.9. The molecule has 3 nitrogen and oxygen atoms in total. The van der Waals surface area contributed by atoms with Crippen LogP contribution in [0.3, 0.4) is 0 Å². The molecule has 0 spiro atoms. The lowest BCUT2D eigenvalue weighted by atomic mass is 10.1. The van der Waals surface area contributed by atoms with Crippen LogP contribution in [0, 0.1) is 0 Å². The average molecular weight is 263 g/mol. The first-order chi connectivity index (χ1) is 9.83. The molecule has 20 heavy (non-hydrogen) atoms. The Kier molecular flexibility index (Phi) is 3.25. The average Bonchev–Trinajstić information content (AvgIpc) is 2.85. The van der Waals surface area contributed by atoms with Crippen molar-refractivity contribution in [1.29, 1.82) is 0 Å². The van der Waals surface area contributed by atoms with Gasteiger partial charge in [0.05, 0.1) is 11.7 Å². The molecule has 2 aromatic heterocycles. The summed E-state index contributed by atoms with van der Waals surface area (Å²) in [5.41, 5.74) is 3.38. The van der Waals surface area contributed by atoms with Gasteiger partial charge in [0.25, 0.3) is 0 Å². The van der Waals surface area contributed by atoms with Gasteiger partial charge in [0.1, 0.15) is 0 Å². The molecule has 3 aromatic rings. The van der Waals surface area contributed by atoms with Gasteiger partial charge < -0.3 is 9.88 Å². The molecule has 2 heterocycles. The number of fused-ring (bicyclic) bond motifs is 3. The Balaban J connectivity index is 2.15. The highest BCUT2D eigenvalue weighted by Crippen LogP contribution is 2.28. The Morgan fingerprint density at radius 3 is 2.60 bits per heavy atom. The van der Waals surface area contributed by atoms with Gasteiger partial charge in [-0.15, -0.1) is 13.2 Å². The van der Waals surface area contributed by atoms with Gasteiger partial charge in [0.15, 0.2) is 0 Å². The fraction of sp³-hybridized carbons (Fsp3) is 0.118. The van der Waals surface area contributed by atoms with E-state index in [0.29, 0.717) is 0 Å². The first-order valence-corrected chi connectivity index (χ1v) is 6.65. The lowest BCUT2D eigenvalue weighted by molar-refractivity contribution is 0.958. The van der Waals surface area contributed by atoms with E-state index in [1.807, 2.05) is 30.6 Å². The second-order valence-electron chi connectivity index (χ2n) is 4.76. The van der Waals surface area contributed by atoms with Crippen molar-refractivity contribution in [2.75, 3.05) is 18.0 Å². The third-order valence-corrected chi connectivity index (χ3v) is 3.45. The molecule has 3 heteroatoms. The van der Waals surface area contributed by atoms with Crippen LogP contribution in [0.25, 0.3) is 21.8 Å². The van der Waals surface area contributed by atoms with Crippen LogP contribution >= 0.6 is 0 Å². The lowest BCUT2D eigenvalue weighted by Gasteiger charge is -2.21. The number of aromatic amines is 1. The van der Waals surface area contributed by atoms with Crippen molar-refractivity contribution in [3.63, 3.8) is 0 Å². The molecule has 0 aliphatic carbocycles. The van der Waals surface area contributed by atoms with Crippen LogP contribution < -0.4 is 4.90 Å². The molecule has 0 radical (unpaired) electrons.